The first-order valence-corrected chi connectivity index (χ1v) is 6.27. The van der Waals surface area contributed by atoms with E-state index in [1.54, 1.807) is 0 Å². The van der Waals surface area contributed by atoms with E-state index in [0.717, 1.165) is 43.3 Å². The molecule has 86 valence electrons. The Kier molecular flexibility index (Phi) is 5.57. The smallest absolute Gasteiger partial charge is 0.205 e. The summed E-state index contributed by atoms with van der Waals surface area (Å²) in [5.74, 6) is 0.944. The first-order chi connectivity index (χ1) is 7.31. The molecule has 0 fully saturated rings. The lowest BCUT2D eigenvalue weighted by atomic mass is 10.3. The van der Waals surface area contributed by atoms with Crippen molar-refractivity contribution >= 4 is 16.7 Å². The molecule has 0 saturated heterocycles. The second kappa shape index (κ2) is 6.74. The highest BCUT2D eigenvalue weighted by molar-refractivity contribution is 7.09. The van der Waals surface area contributed by atoms with Crippen molar-refractivity contribution in [2.24, 2.45) is 0 Å². The molecule has 15 heavy (non-hydrogen) atoms. The maximum absolute atomic E-state index is 8.79. The van der Waals surface area contributed by atoms with Gasteiger partial charge in [-0.05, 0) is 19.8 Å². The fraction of sp³-hybridized carbons (Fsp3) is 0.800. The Morgan fingerprint density at radius 1 is 1.40 bits per heavy atom. The number of rotatable bonds is 7. The molecule has 4 nitrogen and oxygen atoms in total. The fourth-order valence-corrected chi connectivity index (χ4v) is 2.15. The van der Waals surface area contributed by atoms with E-state index in [0.29, 0.717) is 0 Å². The van der Waals surface area contributed by atoms with Gasteiger partial charge in [-0.1, -0.05) is 6.92 Å². The largest absolute Gasteiger partial charge is 0.396 e. The molecule has 0 bridgehead atoms. The van der Waals surface area contributed by atoms with Gasteiger partial charge >= 0.3 is 0 Å². The lowest BCUT2D eigenvalue weighted by molar-refractivity contribution is 0.289. The van der Waals surface area contributed by atoms with Crippen LogP contribution >= 0.6 is 11.5 Å². The van der Waals surface area contributed by atoms with Crippen LogP contribution in [0.5, 0.6) is 0 Å². The lowest BCUT2D eigenvalue weighted by Gasteiger charge is -2.18. The lowest BCUT2D eigenvalue weighted by Crippen LogP contribution is -2.24. The molecule has 1 rings (SSSR count). The summed E-state index contributed by atoms with van der Waals surface area (Å²) in [6, 6.07) is 0. The van der Waals surface area contributed by atoms with Crippen molar-refractivity contribution in [3.8, 4) is 0 Å². The summed E-state index contributed by atoms with van der Waals surface area (Å²) in [5.41, 5.74) is 0. The van der Waals surface area contributed by atoms with Gasteiger partial charge in [0.2, 0.25) is 5.13 Å². The van der Waals surface area contributed by atoms with Crippen molar-refractivity contribution in [3.05, 3.63) is 5.82 Å². The predicted molar refractivity (Wildman–Crippen MR) is 63.5 cm³/mol. The Balaban J connectivity index is 2.57. The minimum Gasteiger partial charge on any atom is -0.396 e. The van der Waals surface area contributed by atoms with E-state index >= 15 is 0 Å². The van der Waals surface area contributed by atoms with E-state index in [1.165, 1.54) is 11.5 Å². The van der Waals surface area contributed by atoms with Crippen LogP contribution in [0.15, 0.2) is 0 Å². The van der Waals surface area contributed by atoms with Crippen molar-refractivity contribution in [1.29, 1.82) is 0 Å². The van der Waals surface area contributed by atoms with Crippen LogP contribution in [0.3, 0.4) is 0 Å². The molecule has 1 heterocycles. The molecule has 0 radical (unpaired) electrons. The number of hydrogen-bond donors (Lipinski definition) is 1. The average Bonchev–Trinajstić information content (AvgIpc) is 2.68. The highest BCUT2D eigenvalue weighted by Gasteiger charge is 2.09. The molecule has 0 atom stereocenters. The van der Waals surface area contributed by atoms with E-state index in [4.69, 9.17) is 5.11 Å². The standard InChI is InChI=1S/C10H19N3OS/c1-3-6-9-11-10(15-12-9)13(4-2)7-5-8-14/h14H,3-8H2,1-2H3. The first-order valence-electron chi connectivity index (χ1n) is 5.50. The van der Waals surface area contributed by atoms with Gasteiger partial charge in [0.15, 0.2) is 0 Å². The summed E-state index contributed by atoms with van der Waals surface area (Å²) in [6.07, 6.45) is 2.82. The topological polar surface area (TPSA) is 49.2 Å². The van der Waals surface area contributed by atoms with Gasteiger partial charge in [-0.25, -0.2) is 4.98 Å². The van der Waals surface area contributed by atoms with Crippen LogP contribution in [-0.4, -0.2) is 34.2 Å². The van der Waals surface area contributed by atoms with Crippen LogP contribution < -0.4 is 4.90 Å². The summed E-state index contributed by atoms with van der Waals surface area (Å²) in [6.45, 7) is 6.23. The van der Waals surface area contributed by atoms with Gasteiger partial charge in [-0.3, -0.25) is 0 Å². The Hall–Kier alpha value is -0.680. The molecule has 0 aliphatic rings. The Labute approximate surface area is 95.1 Å². The predicted octanol–water partition coefficient (Wildman–Crippen LogP) is 1.70. The zero-order chi connectivity index (χ0) is 11.1. The third-order valence-electron chi connectivity index (χ3n) is 2.17. The van der Waals surface area contributed by atoms with Crippen molar-refractivity contribution < 1.29 is 5.11 Å². The fourth-order valence-electron chi connectivity index (χ4n) is 1.35. The van der Waals surface area contributed by atoms with E-state index in [9.17, 15) is 0 Å². The number of aliphatic hydroxyl groups is 1. The summed E-state index contributed by atoms with van der Waals surface area (Å²) >= 11 is 1.46. The zero-order valence-electron chi connectivity index (χ0n) is 9.44. The zero-order valence-corrected chi connectivity index (χ0v) is 10.3. The van der Waals surface area contributed by atoms with Gasteiger partial charge in [-0.15, -0.1) is 0 Å². The number of hydrogen-bond acceptors (Lipinski definition) is 5. The minimum absolute atomic E-state index is 0.233. The van der Waals surface area contributed by atoms with Crippen LogP contribution in [0.1, 0.15) is 32.5 Å². The van der Waals surface area contributed by atoms with Crippen molar-refractivity contribution in [3.63, 3.8) is 0 Å². The maximum Gasteiger partial charge on any atom is 0.205 e. The normalized spacial score (nSPS) is 10.6. The number of anilines is 1. The third kappa shape index (κ3) is 3.76. The highest BCUT2D eigenvalue weighted by atomic mass is 32.1. The number of aryl methyl sites for hydroxylation is 1. The van der Waals surface area contributed by atoms with Crippen molar-refractivity contribution in [2.45, 2.75) is 33.1 Å². The Morgan fingerprint density at radius 2 is 2.20 bits per heavy atom. The van der Waals surface area contributed by atoms with Crippen LogP contribution in [0.4, 0.5) is 5.13 Å². The van der Waals surface area contributed by atoms with E-state index in [2.05, 4.69) is 28.1 Å². The molecule has 1 aromatic rings. The summed E-state index contributed by atoms with van der Waals surface area (Å²) < 4.78 is 4.31. The first kappa shape index (κ1) is 12.4. The van der Waals surface area contributed by atoms with Crippen LogP contribution in [0, 0.1) is 0 Å². The second-order valence-electron chi connectivity index (χ2n) is 3.40. The summed E-state index contributed by atoms with van der Waals surface area (Å²) in [5, 5.41) is 9.77. The molecule has 1 aromatic heterocycles. The maximum atomic E-state index is 8.79. The number of aromatic nitrogens is 2. The molecule has 0 spiro atoms. The monoisotopic (exact) mass is 229 g/mol. The van der Waals surface area contributed by atoms with E-state index < -0.39 is 0 Å². The van der Waals surface area contributed by atoms with E-state index in [1.807, 2.05) is 0 Å². The quantitative estimate of drug-likeness (QED) is 0.773. The third-order valence-corrected chi connectivity index (χ3v) is 2.98. The molecular formula is C10H19N3OS. The molecule has 1 N–H and O–H groups in total. The molecule has 0 saturated carbocycles. The Bertz CT molecular complexity index is 277. The molecule has 5 heteroatoms. The molecule has 0 unspecified atom stereocenters. The molecule has 0 aliphatic carbocycles. The van der Waals surface area contributed by atoms with E-state index in [-0.39, 0.29) is 6.61 Å². The van der Waals surface area contributed by atoms with Crippen LogP contribution in [0.2, 0.25) is 0 Å². The second-order valence-corrected chi connectivity index (χ2v) is 4.13. The van der Waals surface area contributed by atoms with Crippen molar-refractivity contribution in [1.82, 2.24) is 9.36 Å². The van der Waals surface area contributed by atoms with Gasteiger partial charge in [0.1, 0.15) is 5.82 Å². The van der Waals surface area contributed by atoms with Crippen LogP contribution in [0.25, 0.3) is 0 Å². The molecule has 0 aromatic carbocycles. The number of aliphatic hydroxyl groups excluding tert-OH is 1. The van der Waals surface area contributed by atoms with Gasteiger partial charge in [0.05, 0.1) is 0 Å². The van der Waals surface area contributed by atoms with Gasteiger partial charge in [0, 0.05) is 37.6 Å². The SMILES string of the molecule is CCCc1nsc(N(CC)CCCO)n1. The Morgan fingerprint density at radius 3 is 2.80 bits per heavy atom. The van der Waals surface area contributed by atoms with Gasteiger partial charge in [-0.2, -0.15) is 4.37 Å². The molecule has 0 amide bonds. The minimum atomic E-state index is 0.233. The molecule has 0 aliphatic heterocycles. The average molecular weight is 229 g/mol. The molecular weight excluding hydrogens is 210 g/mol. The summed E-state index contributed by atoms with van der Waals surface area (Å²) in [4.78, 5) is 6.64. The number of nitrogens with zero attached hydrogens (tertiary/aromatic N) is 3. The summed E-state index contributed by atoms with van der Waals surface area (Å²) in [7, 11) is 0. The highest BCUT2D eigenvalue weighted by Crippen LogP contribution is 2.17. The van der Waals surface area contributed by atoms with Crippen molar-refractivity contribution in [2.75, 3.05) is 24.6 Å². The van der Waals surface area contributed by atoms with Gasteiger partial charge < -0.3 is 10.0 Å². The van der Waals surface area contributed by atoms with Gasteiger partial charge in [0.25, 0.3) is 0 Å². The van der Waals surface area contributed by atoms with Crippen LogP contribution in [-0.2, 0) is 6.42 Å².